The van der Waals surface area contributed by atoms with Gasteiger partial charge in [-0.3, -0.25) is 9.59 Å². The van der Waals surface area contributed by atoms with E-state index in [4.69, 9.17) is 10.7 Å². The second-order valence-electron chi connectivity index (χ2n) is 8.85. The monoisotopic (exact) mass is 475 g/mol. The molecule has 0 saturated heterocycles. The van der Waals surface area contributed by atoms with E-state index in [0.717, 1.165) is 59.7 Å². The SMILES string of the molecule is CC(C)Nc1cc(C2=CCB(C#N)CC2)cc(C=O)c1C=N.CNC/C(C=O)=C(C)/C=C(/C)NC. The van der Waals surface area contributed by atoms with Crippen molar-refractivity contribution in [1.29, 1.82) is 10.7 Å². The number of carbonyl (C=O) groups is 2. The fraction of sp³-hybridized carbons (Fsp3) is 0.407. The van der Waals surface area contributed by atoms with Crippen molar-refractivity contribution in [3.05, 3.63) is 57.8 Å². The van der Waals surface area contributed by atoms with Crippen molar-refractivity contribution in [2.24, 2.45) is 0 Å². The first kappa shape index (κ1) is 29.6. The molecule has 8 heteroatoms. The van der Waals surface area contributed by atoms with E-state index in [2.05, 4.69) is 28.0 Å². The van der Waals surface area contributed by atoms with Crippen molar-refractivity contribution in [2.45, 2.75) is 52.8 Å². The molecule has 0 saturated carbocycles. The summed E-state index contributed by atoms with van der Waals surface area (Å²) >= 11 is 0. The summed E-state index contributed by atoms with van der Waals surface area (Å²) in [7, 11) is 3.68. The second-order valence-corrected chi connectivity index (χ2v) is 8.85. The summed E-state index contributed by atoms with van der Waals surface area (Å²) in [6.07, 6.45) is 9.45. The normalized spacial score (nSPS) is 14.1. The number of hydrogen-bond donors (Lipinski definition) is 4. The number of likely N-dealkylation sites (N-methyl/N-ethyl adjacent to an activating group) is 1. The van der Waals surface area contributed by atoms with Gasteiger partial charge in [-0.15, -0.1) is 0 Å². The molecule has 2 rings (SSSR count). The number of rotatable bonds is 10. The third-order valence-electron chi connectivity index (χ3n) is 5.74. The van der Waals surface area contributed by atoms with Crippen molar-refractivity contribution >= 4 is 36.8 Å². The van der Waals surface area contributed by atoms with Crippen LogP contribution in [0.5, 0.6) is 0 Å². The van der Waals surface area contributed by atoms with E-state index in [9.17, 15) is 9.59 Å². The molecule has 7 nitrogen and oxygen atoms in total. The third-order valence-corrected chi connectivity index (χ3v) is 5.74. The van der Waals surface area contributed by atoms with Gasteiger partial charge >= 0.3 is 0 Å². The minimum Gasteiger partial charge on any atom is -0.392 e. The van der Waals surface area contributed by atoms with Crippen LogP contribution in [-0.2, 0) is 4.79 Å². The van der Waals surface area contributed by atoms with Gasteiger partial charge in [0.15, 0.2) is 6.29 Å². The molecule has 0 unspecified atom stereocenters. The Morgan fingerprint density at radius 1 is 1.26 bits per heavy atom. The summed E-state index contributed by atoms with van der Waals surface area (Å²) in [5.41, 5.74) is 6.98. The topological polar surface area (TPSA) is 118 Å². The van der Waals surface area contributed by atoms with Crippen LogP contribution in [0.25, 0.3) is 5.57 Å². The predicted molar refractivity (Wildman–Crippen MR) is 148 cm³/mol. The van der Waals surface area contributed by atoms with Crippen molar-refractivity contribution in [3.63, 3.8) is 0 Å². The van der Waals surface area contributed by atoms with Gasteiger partial charge in [0.2, 0.25) is 0 Å². The molecule has 0 spiro atoms. The lowest BCUT2D eigenvalue weighted by atomic mass is 9.43. The van der Waals surface area contributed by atoms with Crippen molar-refractivity contribution in [3.8, 4) is 5.97 Å². The molecular formula is C27H38BN5O2. The first-order valence-electron chi connectivity index (χ1n) is 11.9. The van der Waals surface area contributed by atoms with Crippen LogP contribution in [0.3, 0.4) is 0 Å². The number of benzene rings is 1. The molecule has 1 aliphatic rings. The van der Waals surface area contributed by atoms with Gasteiger partial charge in [-0.2, -0.15) is 0 Å². The lowest BCUT2D eigenvalue weighted by molar-refractivity contribution is -0.105. The Morgan fingerprint density at radius 3 is 2.43 bits per heavy atom. The summed E-state index contributed by atoms with van der Waals surface area (Å²) in [6.45, 7) is 8.66. The van der Waals surface area contributed by atoms with Crippen LogP contribution in [0.15, 0.2) is 41.1 Å². The number of nitriles is 1. The van der Waals surface area contributed by atoms with E-state index in [-0.39, 0.29) is 12.8 Å². The zero-order valence-corrected chi connectivity index (χ0v) is 21.8. The third kappa shape index (κ3) is 9.38. The molecule has 1 aliphatic heterocycles. The Bertz CT molecular complexity index is 1030. The number of anilines is 1. The molecule has 0 aromatic heterocycles. The number of carbonyl (C=O) groups excluding carboxylic acids is 2. The second kappa shape index (κ2) is 15.5. The maximum Gasteiger partial charge on any atom is 0.271 e. The average Bonchev–Trinajstić information content (AvgIpc) is 2.86. The number of allylic oxidation sites excluding steroid dienone is 5. The average molecular weight is 475 g/mol. The van der Waals surface area contributed by atoms with Crippen LogP contribution in [0.1, 0.15) is 55.6 Å². The highest BCUT2D eigenvalue weighted by molar-refractivity contribution is 6.67. The molecule has 0 fully saturated rings. The molecule has 4 N–H and O–H groups in total. The first-order valence-corrected chi connectivity index (χ1v) is 11.9. The number of aldehydes is 2. The first-order chi connectivity index (χ1) is 16.7. The van der Waals surface area contributed by atoms with Crippen LogP contribution in [-0.4, -0.2) is 52.2 Å². The Labute approximate surface area is 210 Å². The van der Waals surface area contributed by atoms with E-state index in [0.29, 0.717) is 17.7 Å². The maximum atomic E-state index is 11.4. The maximum absolute atomic E-state index is 11.4. The zero-order valence-electron chi connectivity index (χ0n) is 21.8. The molecule has 1 heterocycles. The highest BCUT2D eigenvalue weighted by Gasteiger charge is 2.20. The molecule has 1 aromatic rings. The van der Waals surface area contributed by atoms with Gasteiger partial charge in [0.1, 0.15) is 6.29 Å². The highest BCUT2D eigenvalue weighted by atomic mass is 16.1. The Morgan fingerprint density at radius 2 is 1.97 bits per heavy atom. The van der Waals surface area contributed by atoms with Gasteiger partial charge in [0, 0.05) is 59.9 Å². The van der Waals surface area contributed by atoms with E-state index in [1.54, 1.807) is 0 Å². The van der Waals surface area contributed by atoms with Crippen LogP contribution < -0.4 is 16.0 Å². The largest absolute Gasteiger partial charge is 0.392 e. The fourth-order valence-electron chi connectivity index (χ4n) is 3.72. The Kier molecular flexibility index (Phi) is 13.1. The van der Waals surface area contributed by atoms with E-state index in [1.165, 1.54) is 11.8 Å². The number of hydrogen-bond acceptors (Lipinski definition) is 7. The van der Waals surface area contributed by atoms with Crippen LogP contribution >= 0.6 is 0 Å². The molecule has 35 heavy (non-hydrogen) atoms. The zero-order chi connectivity index (χ0) is 26.4. The summed E-state index contributed by atoms with van der Waals surface area (Å²) in [5.74, 6) is 2.31. The minimum atomic E-state index is 0.100. The van der Waals surface area contributed by atoms with Crippen molar-refractivity contribution in [2.75, 3.05) is 26.0 Å². The molecule has 0 radical (unpaired) electrons. The van der Waals surface area contributed by atoms with Crippen LogP contribution in [0.4, 0.5) is 5.69 Å². The smallest absolute Gasteiger partial charge is 0.271 e. The van der Waals surface area contributed by atoms with Gasteiger partial charge in [-0.05, 0) is 82.4 Å². The van der Waals surface area contributed by atoms with Gasteiger partial charge in [0.25, 0.3) is 6.71 Å². The quantitative estimate of drug-likeness (QED) is 0.130. The standard InChI is InChI=1S/C17H20BN3O.C10H18N2O/c1-12(2)21-17-8-14(7-15(10-22)16(17)9-19)13-3-5-18(11-20)6-4-13;1-8(5-9(2)12-4)10(7-13)6-11-3/h3,7-10,12,19,21H,4-6H2,1-2H3;5,7,11-12H,6H2,1-4H3/b;9-5-,10-8-. The molecule has 0 amide bonds. The molecular weight excluding hydrogens is 437 g/mol. The minimum absolute atomic E-state index is 0.100. The molecule has 186 valence electrons. The van der Waals surface area contributed by atoms with Gasteiger partial charge in [-0.1, -0.05) is 12.4 Å². The lowest BCUT2D eigenvalue weighted by Crippen LogP contribution is -2.14. The van der Waals surface area contributed by atoms with E-state index < -0.39 is 0 Å². The summed E-state index contributed by atoms with van der Waals surface area (Å²) in [5, 5.41) is 25.8. The highest BCUT2D eigenvalue weighted by Crippen LogP contribution is 2.31. The van der Waals surface area contributed by atoms with E-state index >= 15 is 0 Å². The summed E-state index contributed by atoms with van der Waals surface area (Å²) in [6, 6.07) is 4.07. The van der Waals surface area contributed by atoms with Gasteiger partial charge in [0.05, 0.1) is 0 Å². The van der Waals surface area contributed by atoms with Crippen molar-refractivity contribution < 1.29 is 9.59 Å². The number of nitrogens with one attached hydrogen (secondary N) is 4. The predicted octanol–water partition coefficient (Wildman–Crippen LogP) is 4.51. The van der Waals surface area contributed by atoms with E-state index in [1.807, 2.05) is 60.0 Å². The molecule has 0 aliphatic carbocycles. The Hall–Kier alpha value is -3.44. The summed E-state index contributed by atoms with van der Waals surface area (Å²) < 4.78 is 0. The van der Waals surface area contributed by atoms with Crippen molar-refractivity contribution in [1.82, 2.24) is 10.6 Å². The van der Waals surface area contributed by atoms with Gasteiger partial charge < -0.3 is 21.4 Å². The molecule has 1 aromatic carbocycles. The van der Waals surface area contributed by atoms with Crippen LogP contribution in [0.2, 0.25) is 12.6 Å². The number of nitrogens with zero attached hydrogens (tertiary/aromatic N) is 1. The summed E-state index contributed by atoms with van der Waals surface area (Å²) in [4.78, 5) is 22.0. The Balaban J connectivity index is 0.000000405. The van der Waals surface area contributed by atoms with Gasteiger partial charge in [-0.25, -0.2) is 5.26 Å². The fourth-order valence-corrected chi connectivity index (χ4v) is 3.72. The molecule has 0 bridgehead atoms. The molecule has 0 atom stereocenters. The lowest BCUT2D eigenvalue weighted by Gasteiger charge is -2.19. The van der Waals surface area contributed by atoms with Crippen LogP contribution in [0, 0.1) is 16.6 Å².